The van der Waals surface area contributed by atoms with E-state index in [1.54, 1.807) is 37.3 Å². The lowest BCUT2D eigenvalue weighted by atomic mass is 9.80. The van der Waals surface area contributed by atoms with Crippen LogP contribution >= 0.6 is 0 Å². The molecule has 0 spiro atoms. The number of carbonyl (C=O) groups excluding carboxylic acids is 3. The van der Waals surface area contributed by atoms with Crippen molar-refractivity contribution in [1.29, 1.82) is 5.26 Å². The molecule has 15 heteroatoms. The third-order valence-electron chi connectivity index (χ3n) is 9.75. The highest BCUT2D eigenvalue weighted by Crippen LogP contribution is 2.44. The topological polar surface area (TPSA) is 124 Å². The number of amides is 3. The van der Waals surface area contributed by atoms with Crippen molar-refractivity contribution >= 4 is 23.5 Å². The van der Waals surface area contributed by atoms with Crippen molar-refractivity contribution in [1.82, 2.24) is 24.9 Å². The quantitative estimate of drug-likeness (QED) is 0.215. The maximum absolute atomic E-state index is 14.6. The molecule has 3 heterocycles. The summed E-state index contributed by atoms with van der Waals surface area (Å²) < 4.78 is 61.8. The number of ether oxygens (including phenoxy) is 1. The van der Waals surface area contributed by atoms with E-state index in [2.05, 4.69) is 16.3 Å². The number of nitrogens with one attached hydrogen (secondary N) is 1. The number of nitrogens with zero attached hydrogens (tertiary/aromatic N) is 6. The Hall–Kier alpha value is -5.59. The SMILES string of the molecule is CCN1C(=O)[C@@H](NC(=O)c2cccc(C(F)(F)F)c2)[C@@H](c2ccc(F)cc2)c2c(C(=O)N(C)[C@H](C#N)CCN(C)C3COC3)nn(-c3ccccc3)c21. The third kappa shape index (κ3) is 7.37. The average molecular weight is 732 g/mol. The van der Waals surface area contributed by atoms with Gasteiger partial charge in [0, 0.05) is 37.2 Å². The highest BCUT2D eigenvalue weighted by atomic mass is 19.4. The van der Waals surface area contributed by atoms with Crippen molar-refractivity contribution in [2.45, 2.75) is 43.6 Å². The van der Waals surface area contributed by atoms with Gasteiger partial charge in [-0.25, -0.2) is 9.07 Å². The van der Waals surface area contributed by atoms with E-state index >= 15 is 0 Å². The summed E-state index contributed by atoms with van der Waals surface area (Å²) in [5.41, 5.74) is -0.462. The van der Waals surface area contributed by atoms with Crippen molar-refractivity contribution in [2.75, 3.05) is 45.3 Å². The van der Waals surface area contributed by atoms with Gasteiger partial charge in [-0.3, -0.25) is 24.2 Å². The van der Waals surface area contributed by atoms with Crippen LogP contribution in [-0.4, -0.2) is 95.8 Å². The van der Waals surface area contributed by atoms with Crippen LogP contribution in [0.3, 0.4) is 0 Å². The molecule has 6 rings (SSSR count). The molecule has 53 heavy (non-hydrogen) atoms. The zero-order chi connectivity index (χ0) is 38.0. The fourth-order valence-corrected chi connectivity index (χ4v) is 6.64. The van der Waals surface area contributed by atoms with E-state index in [0.717, 1.165) is 12.1 Å². The summed E-state index contributed by atoms with van der Waals surface area (Å²) in [5.74, 6) is -3.76. The lowest BCUT2D eigenvalue weighted by molar-refractivity contribution is -0.137. The summed E-state index contributed by atoms with van der Waals surface area (Å²) in [4.78, 5) is 47.5. The van der Waals surface area contributed by atoms with E-state index in [1.165, 1.54) is 51.9 Å². The predicted octanol–water partition coefficient (Wildman–Crippen LogP) is 5.01. The molecule has 1 fully saturated rings. The molecular weight excluding hydrogens is 694 g/mol. The molecule has 3 atom stereocenters. The average Bonchev–Trinajstić information content (AvgIpc) is 3.51. The molecule has 0 aliphatic carbocycles. The second kappa shape index (κ2) is 15.2. The predicted molar refractivity (Wildman–Crippen MR) is 186 cm³/mol. The molecule has 1 aromatic heterocycles. The van der Waals surface area contributed by atoms with Crippen molar-refractivity contribution < 1.29 is 36.7 Å². The van der Waals surface area contributed by atoms with E-state index in [1.807, 2.05) is 7.05 Å². The van der Waals surface area contributed by atoms with Gasteiger partial charge in [0.2, 0.25) is 0 Å². The minimum atomic E-state index is -4.73. The van der Waals surface area contributed by atoms with E-state index in [4.69, 9.17) is 9.84 Å². The summed E-state index contributed by atoms with van der Waals surface area (Å²) in [5, 5.41) is 17.6. The molecule has 4 aromatic rings. The molecule has 0 bridgehead atoms. The number of hydrogen-bond acceptors (Lipinski definition) is 7. The number of aromatic nitrogens is 2. The largest absolute Gasteiger partial charge is 0.416 e. The maximum atomic E-state index is 14.6. The summed E-state index contributed by atoms with van der Waals surface area (Å²) in [7, 11) is 3.40. The van der Waals surface area contributed by atoms with Gasteiger partial charge in [0.15, 0.2) is 5.69 Å². The number of halogens is 4. The lowest BCUT2D eigenvalue weighted by Crippen LogP contribution is -2.55. The number of nitriles is 1. The molecule has 1 saturated heterocycles. The molecule has 0 radical (unpaired) electrons. The van der Waals surface area contributed by atoms with Gasteiger partial charge in [-0.05, 0) is 68.4 Å². The van der Waals surface area contributed by atoms with Gasteiger partial charge >= 0.3 is 6.18 Å². The van der Waals surface area contributed by atoms with Crippen molar-refractivity contribution in [3.8, 4) is 11.8 Å². The number of benzene rings is 3. The second-order valence-electron chi connectivity index (χ2n) is 13.0. The van der Waals surface area contributed by atoms with Gasteiger partial charge in [0.1, 0.15) is 23.7 Å². The summed E-state index contributed by atoms with van der Waals surface area (Å²) >= 11 is 0. The Morgan fingerprint density at radius 3 is 2.36 bits per heavy atom. The Labute approximate surface area is 303 Å². The van der Waals surface area contributed by atoms with Crippen molar-refractivity contribution in [3.05, 3.63) is 113 Å². The molecule has 3 aromatic carbocycles. The fraction of sp³-hybridized carbons (Fsp3) is 0.342. The van der Waals surface area contributed by atoms with E-state index < -0.39 is 53.3 Å². The first kappa shape index (κ1) is 37.2. The number of hydrogen-bond donors (Lipinski definition) is 1. The van der Waals surface area contributed by atoms with Crippen LogP contribution in [0.1, 0.15) is 56.8 Å². The molecule has 3 amide bonds. The Kier molecular flexibility index (Phi) is 10.6. The maximum Gasteiger partial charge on any atom is 0.416 e. The highest BCUT2D eigenvalue weighted by Gasteiger charge is 2.48. The van der Waals surface area contributed by atoms with Gasteiger partial charge in [0.05, 0.1) is 36.6 Å². The zero-order valence-corrected chi connectivity index (χ0v) is 29.2. The van der Waals surface area contributed by atoms with Crippen LogP contribution < -0.4 is 10.2 Å². The monoisotopic (exact) mass is 731 g/mol. The summed E-state index contributed by atoms with van der Waals surface area (Å²) in [6.45, 7) is 3.40. The zero-order valence-electron chi connectivity index (χ0n) is 29.2. The number of anilines is 1. The first-order chi connectivity index (χ1) is 25.3. The summed E-state index contributed by atoms with van der Waals surface area (Å²) in [6.07, 6.45) is -4.42. The lowest BCUT2D eigenvalue weighted by Gasteiger charge is -2.38. The van der Waals surface area contributed by atoms with E-state index in [0.29, 0.717) is 43.5 Å². The van der Waals surface area contributed by atoms with Crippen LogP contribution in [0.25, 0.3) is 5.69 Å². The van der Waals surface area contributed by atoms with Crippen LogP contribution in [0.2, 0.25) is 0 Å². The van der Waals surface area contributed by atoms with Crippen molar-refractivity contribution in [3.63, 3.8) is 0 Å². The van der Waals surface area contributed by atoms with Crippen LogP contribution in [0.15, 0.2) is 78.9 Å². The molecule has 2 aliphatic rings. The molecule has 0 saturated carbocycles. The first-order valence-electron chi connectivity index (χ1n) is 17.0. The number of alkyl halides is 3. The number of rotatable bonds is 11. The number of likely N-dealkylation sites (N-methyl/N-ethyl adjacent to an activating group) is 2. The smallest absolute Gasteiger partial charge is 0.378 e. The van der Waals surface area contributed by atoms with E-state index in [-0.39, 0.29) is 35.2 Å². The van der Waals surface area contributed by atoms with Gasteiger partial charge in [-0.15, -0.1) is 0 Å². The summed E-state index contributed by atoms with van der Waals surface area (Å²) in [6, 6.07) is 17.8. The Morgan fingerprint density at radius 2 is 1.75 bits per heavy atom. The molecule has 11 nitrogen and oxygen atoms in total. The standard InChI is InChI=1S/C38H37F4N7O4/c1-4-48-35-31(30(23-13-15-26(39)16-14-23)32(37(48)52)44-34(50)24-9-8-10-25(19-24)38(40,41)42)33(45-49(35)27-11-6-5-7-12-27)36(51)47(3)28(20-43)17-18-46(2)29-21-53-22-29/h5-16,19,28-30,32H,4,17-18,21-22H2,1-3H3,(H,44,50)/t28-,30-,32-/m0/s1. The minimum Gasteiger partial charge on any atom is -0.378 e. The van der Waals surface area contributed by atoms with Crippen LogP contribution in [0.4, 0.5) is 23.4 Å². The van der Waals surface area contributed by atoms with E-state index in [9.17, 15) is 37.2 Å². The number of para-hydroxylation sites is 1. The Balaban J connectivity index is 1.49. The fourth-order valence-electron chi connectivity index (χ4n) is 6.64. The van der Waals surface area contributed by atoms with Gasteiger partial charge < -0.3 is 15.0 Å². The number of carbonyl (C=O) groups is 3. The van der Waals surface area contributed by atoms with Crippen molar-refractivity contribution in [2.24, 2.45) is 0 Å². The Bertz CT molecular complexity index is 2030. The minimum absolute atomic E-state index is 0.0535. The van der Waals surface area contributed by atoms with Crippen LogP contribution in [0.5, 0.6) is 0 Å². The molecule has 2 aliphatic heterocycles. The molecule has 1 N–H and O–H groups in total. The first-order valence-corrected chi connectivity index (χ1v) is 17.0. The number of fused-ring (bicyclic) bond motifs is 1. The third-order valence-corrected chi connectivity index (χ3v) is 9.75. The van der Waals surface area contributed by atoms with Gasteiger partial charge in [-0.1, -0.05) is 36.4 Å². The molecule has 276 valence electrons. The van der Waals surface area contributed by atoms with Gasteiger partial charge in [-0.2, -0.15) is 23.5 Å². The van der Waals surface area contributed by atoms with Crippen LogP contribution in [0, 0.1) is 17.1 Å². The molecular formula is C38H37F4N7O4. The molecule has 0 unspecified atom stereocenters. The normalized spacial score (nSPS) is 17.9. The second-order valence-corrected chi connectivity index (χ2v) is 13.0. The van der Waals surface area contributed by atoms with Gasteiger partial charge in [0.25, 0.3) is 17.7 Å². The Morgan fingerprint density at radius 1 is 1.06 bits per heavy atom. The van der Waals surface area contributed by atoms with Crippen LogP contribution in [-0.2, 0) is 15.7 Å². The highest BCUT2D eigenvalue weighted by molar-refractivity contribution is 6.07.